The van der Waals surface area contributed by atoms with Crippen LogP contribution < -0.4 is 10.9 Å². The molecule has 1 aromatic carbocycles. The van der Waals surface area contributed by atoms with Gasteiger partial charge in [0.1, 0.15) is 0 Å². The van der Waals surface area contributed by atoms with E-state index < -0.39 is 0 Å². The Balaban J connectivity index is 1.64. The van der Waals surface area contributed by atoms with Crippen molar-refractivity contribution in [3.8, 4) is 0 Å². The average molecular weight is 395 g/mol. The number of thioether (sulfide) groups is 1. The van der Waals surface area contributed by atoms with E-state index in [1.165, 1.54) is 11.8 Å². The van der Waals surface area contributed by atoms with Gasteiger partial charge < -0.3 is 10.3 Å². The summed E-state index contributed by atoms with van der Waals surface area (Å²) in [6, 6.07) is 13.7. The van der Waals surface area contributed by atoms with Gasteiger partial charge in [-0.25, -0.2) is 4.98 Å². The SMILES string of the molecule is Cc1nc(S[C@@H](C)c2ccccc2)[nH]c(=O)c1CC(=O)NCc1cccnc1. The molecule has 0 bridgehead atoms. The number of benzene rings is 1. The van der Waals surface area contributed by atoms with Gasteiger partial charge in [0.05, 0.1) is 6.42 Å². The van der Waals surface area contributed by atoms with Crippen LogP contribution in [0.4, 0.5) is 0 Å². The van der Waals surface area contributed by atoms with Crippen LogP contribution in [-0.4, -0.2) is 20.9 Å². The summed E-state index contributed by atoms with van der Waals surface area (Å²) in [4.78, 5) is 36.0. The predicted molar refractivity (Wildman–Crippen MR) is 110 cm³/mol. The maximum Gasteiger partial charge on any atom is 0.255 e. The van der Waals surface area contributed by atoms with Gasteiger partial charge in [0, 0.05) is 35.4 Å². The molecule has 144 valence electrons. The standard InChI is InChI=1S/C21H22N4O2S/c1-14-18(11-19(26)23-13-16-7-6-10-22-12-16)20(27)25-21(24-14)28-15(2)17-8-4-3-5-9-17/h3-10,12,15H,11,13H2,1-2H3,(H,23,26)(H,24,25,27)/t15-/m0/s1. The number of hydrogen-bond donors (Lipinski definition) is 2. The Morgan fingerprint density at radius 1 is 1.21 bits per heavy atom. The zero-order chi connectivity index (χ0) is 19.9. The van der Waals surface area contributed by atoms with Gasteiger partial charge in [0.2, 0.25) is 5.91 Å². The Labute approximate surface area is 167 Å². The first kappa shape index (κ1) is 19.8. The van der Waals surface area contributed by atoms with Crippen molar-refractivity contribution in [3.05, 3.63) is 87.6 Å². The van der Waals surface area contributed by atoms with Crippen LogP contribution in [-0.2, 0) is 17.8 Å². The van der Waals surface area contributed by atoms with E-state index in [-0.39, 0.29) is 23.1 Å². The summed E-state index contributed by atoms with van der Waals surface area (Å²) >= 11 is 1.49. The number of carbonyl (C=O) groups is 1. The molecule has 0 aliphatic heterocycles. The zero-order valence-corrected chi connectivity index (χ0v) is 16.6. The lowest BCUT2D eigenvalue weighted by Crippen LogP contribution is -2.28. The minimum absolute atomic E-state index is 0.00634. The summed E-state index contributed by atoms with van der Waals surface area (Å²) < 4.78 is 0. The molecule has 6 nitrogen and oxygen atoms in total. The molecule has 2 aromatic heterocycles. The molecule has 28 heavy (non-hydrogen) atoms. The first-order valence-corrected chi connectivity index (χ1v) is 9.88. The molecular formula is C21H22N4O2S. The second-order valence-electron chi connectivity index (χ2n) is 6.42. The van der Waals surface area contributed by atoms with Crippen molar-refractivity contribution in [2.75, 3.05) is 0 Å². The highest BCUT2D eigenvalue weighted by Crippen LogP contribution is 2.32. The largest absolute Gasteiger partial charge is 0.352 e. The van der Waals surface area contributed by atoms with Gasteiger partial charge in [-0.05, 0) is 31.0 Å². The molecule has 0 aliphatic rings. The van der Waals surface area contributed by atoms with Crippen LogP contribution in [0.2, 0.25) is 0 Å². The number of hydrogen-bond acceptors (Lipinski definition) is 5. The Bertz CT molecular complexity index is 990. The highest BCUT2D eigenvalue weighted by atomic mass is 32.2. The molecule has 7 heteroatoms. The molecule has 0 saturated heterocycles. The van der Waals surface area contributed by atoms with Crippen molar-refractivity contribution >= 4 is 17.7 Å². The molecule has 3 rings (SSSR count). The quantitative estimate of drug-likeness (QED) is 0.475. The van der Waals surface area contributed by atoms with Crippen molar-refractivity contribution in [2.24, 2.45) is 0 Å². The Morgan fingerprint density at radius 2 is 2.00 bits per heavy atom. The summed E-state index contributed by atoms with van der Waals surface area (Å²) in [5.41, 5.74) is 2.75. The number of rotatable bonds is 7. The maximum absolute atomic E-state index is 12.5. The first-order valence-electron chi connectivity index (χ1n) is 9.00. The maximum atomic E-state index is 12.5. The fourth-order valence-electron chi connectivity index (χ4n) is 2.73. The third-order valence-corrected chi connectivity index (χ3v) is 5.35. The molecule has 1 amide bonds. The third-order valence-electron chi connectivity index (χ3n) is 4.31. The number of H-pyrrole nitrogens is 1. The average Bonchev–Trinajstić information content (AvgIpc) is 2.70. The molecule has 0 saturated carbocycles. The van der Waals surface area contributed by atoms with E-state index in [9.17, 15) is 9.59 Å². The van der Waals surface area contributed by atoms with E-state index in [4.69, 9.17) is 0 Å². The lowest BCUT2D eigenvalue weighted by Gasteiger charge is -2.12. The van der Waals surface area contributed by atoms with Crippen molar-refractivity contribution in [3.63, 3.8) is 0 Å². The van der Waals surface area contributed by atoms with Gasteiger partial charge in [-0.2, -0.15) is 0 Å². The molecule has 2 N–H and O–H groups in total. The minimum Gasteiger partial charge on any atom is -0.352 e. The van der Waals surface area contributed by atoms with E-state index in [0.29, 0.717) is 23.0 Å². The fraction of sp³-hybridized carbons (Fsp3) is 0.238. The van der Waals surface area contributed by atoms with Gasteiger partial charge in [-0.15, -0.1) is 0 Å². The molecule has 0 spiro atoms. The summed E-state index contributed by atoms with van der Waals surface area (Å²) in [5.74, 6) is -0.225. The van der Waals surface area contributed by atoms with E-state index in [1.807, 2.05) is 42.5 Å². The van der Waals surface area contributed by atoms with Gasteiger partial charge in [-0.3, -0.25) is 14.6 Å². The summed E-state index contributed by atoms with van der Waals surface area (Å²) in [6.07, 6.45) is 3.37. The molecule has 0 radical (unpaired) electrons. The highest BCUT2D eigenvalue weighted by molar-refractivity contribution is 7.99. The fourth-order valence-corrected chi connectivity index (χ4v) is 3.70. The minimum atomic E-state index is -0.271. The van der Waals surface area contributed by atoms with E-state index >= 15 is 0 Å². The lowest BCUT2D eigenvalue weighted by molar-refractivity contribution is -0.120. The topological polar surface area (TPSA) is 87.7 Å². The first-order chi connectivity index (χ1) is 13.5. The molecule has 2 heterocycles. The number of pyridine rings is 1. The molecule has 0 fully saturated rings. The summed E-state index contributed by atoms with van der Waals surface area (Å²) in [5, 5.41) is 3.51. The number of amides is 1. The van der Waals surface area contributed by atoms with Crippen LogP contribution >= 0.6 is 11.8 Å². The van der Waals surface area contributed by atoms with Gasteiger partial charge in [0.25, 0.3) is 5.56 Å². The van der Waals surface area contributed by atoms with Gasteiger partial charge in [-0.1, -0.05) is 48.2 Å². The summed E-state index contributed by atoms with van der Waals surface area (Å²) in [7, 11) is 0. The van der Waals surface area contributed by atoms with Crippen LogP contribution in [0.25, 0.3) is 0 Å². The molecule has 3 aromatic rings. The second-order valence-corrected chi connectivity index (χ2v) is 7.75. The number of aryl methyl sites for hydroxylation is 1. The highest BCUT2D eigenvalue weighted by Gasteiger charge is 2.15. The lowest BCUT2D eigenvalue weighted by atomic mass is 10.1. The molecule has 0 aliphatic carbocycles. The predicted octanol–water partition coefficient (Wildman–Crippen LogP) is 3.19. The number of nitrogens with one attached hydrogen (secondary N) is 2. The van der Waals surface area contributed by atoms with E-state index in [1.54, 1.807) is 19.3 Å². The monoisotopic (exact) mass is 394 g/mol. The van der Waals surface area contributed by atoms with Crippen molar-refractivity contribution < 1.29 is 4.79 Å². The van der Waals surface area contributed by atoms with Crippen LogP contribution in [0.1, 0.15) is 34.6 Å². The Morgan fingerprint density at radius 3 is 2.68 bits per heavy atom. The summed E-state index contributed by atoms with van der Waals surface area (Å²) in [6.45, 7) is 4.20. The smallest absolute Gasteiger partial charge is 0.255 e. The number of carbonyl (C=O) groups excluding carboxylic acids is 1. The van der Waals surface area contributed by atoms with Crippen LogP contribution in [0, 0.1) is 6.92 Å². The number of aromatic nitrogens is 3. The van der Waals surface area contributed by atoms with Gasteiger partial charge in [0.15, 0.2) is 5.16 Å². The second kappa shape index (κ2) is 9.32. The van der Waals surface area contributed by atoms with Crippen LogP contribution in [0.3, 0.4) is 0 Å². The van der Waals surface area contributed by atoms with Crippen molar-refractivity contribution in [1.29, 1.82) is 0 Å². The Kier molecular flexibility index (Phi) is 6.60. The Hall–Kier alpha value is -2.93. The van der Waals surface area contributed by atoms with Gasteiger partial charge >= 0.3 is 0 Å². The third kappa shape index (κ3) is 5.29. The van der Waals surface area contributed by atoms with Crippen LogP contribution in [0.5, 0.6) is 0 Å². The van der Waals surface area contributed by atoms with E-state index in [2.05, 4.69) is 27.2 Å². The van der Waals surface area contributed by atoms with E-state index in [0.717, 1.165) is 11.1 Å². The zero-order valence-electron chi connectivity index (χ0n) is 15.8. The van der Waals surface area contributed by atoms with Crippen LogP contribution in [0.15, 0.2) is 64.8 Å². The van der Waals surface area contributed by atoms with Crippen molar-refractivity contribution in [2.45, 2.75) is 37.2 Å². The van der Waals surface area contributed by atoms with Crippen molar-refractivity contribution in [1.82, 2.24) is 20.3 Å². The molecular weight excluding hydrogens is 372 g/mol. The number of aromatic amines is 1. The normalized spacial score (nSPS) is 11.8. The molecule has 0 unspecified atom stereocenters. The number of nitrogens with zero attached hydrogens (tertiary/aromatic N) is 2. The molecule has 1 atom stereocenters.